The first kappa shape index (κ1) is 21.1. The molecule has 0 heterocycles. The van der Waals surface area contributed by atoms with Gasteiger partial charge in [-0.2, -0.15) is 0 Å². The van der Waals surface area contributed by atoms with Crippen LogP contribution in [0.5, 0.6) is 0 Å². The van der Waals surface area contributed by atoms with E-state index in [1.165, 1.54) is 0 Å². The number of nitrogens with zero attached hydrogens (tertiary/aromatic N) is 3. The molecule has 0 radical (unpaired) electrons. The number of amides is 1. The van der Waals surface area contributed by atoms with Crippen molar-refractivity contribution in [1.82, 2.24) is 0 Å². The van der Waals surface area contributed by atoms with Crippen molar-refractivity contribution in [3.8, 4) is 0 Å². The Morgan fingerprint density at radius 2 is 1.33 bits per heavy atom. The molecule has 0 aromatic heterocycles. The van der Waals surface area contributed by atoms with Gasteiger partial charge in [-0.05, 0) is 46.4 Å². The lowest BCUT2D eigenvalue weighted by atomic mass is 10.2. The van der Waals surface area contributed by atoms with Crippen LogP contribution < -0.4 is 0 Å². The van der Waals surface area contributed by atoms with Gasteiger partial charge in [-0.15, -0.1) is 0 Å². The number of hydrogen-bond donors (Lipinski definition) is 1. The summed E-state index contributed by atoms with van der Waals surface area (Å²) < 4.78 is 0. The molecule has 1 amide bonds. The quantitative estimate of drug-likeness (QED) is 0.387. The number of carbonyl (C=O) groups is 2. The molecule has 6 heteroatoms. The maximum Gasteiger partial charge on any atom is 0.307 e. The van der Waals surface area contributed by atoms with Crippen molar-refractivity contribution < 1.29 is 14.7 Å². The molecule has 1 N–H and O–H groups in total. The lowest BCUT2D eigenvalue weighted by molar-refractivity contribution is -0.138. The first-order valence-corrected chi connectivity index (χ1v) is 9.86. The molecule has 4 rings (SSSR count). The maximum absolute atomic E-state index is 11.2. The van der Waals surface area contributed by atoms with E-state index >= 15 is 0 Å². The monoisotopic (exact) mass is 401 g/mol. The summed E-state index contributed by atoms with van der Waals surface area (Å²) in [7, 11) is 0. The van der Waals surface area contributed by atoms with Gasteiger partial charge < -0.3 is 5.11 Å². The van der Waals surface area contributed by atoms with E-state index < -0.39 is 5.97 Å². The molecule has 0 spiro atoms. The number of carboxylic acid groups (broad SMARTS) is 1. The van der Waals surface area contributed by atoms with Gasteiger partial charge in [-0.3, -0.25) is 9.59 Å². The van der Waals surface area contributed by atoms with Gasteiger partial charge in [0.2, 0.25) is 5.91 Å². The number of benzene rings is 2. The van der Waals surface area contributed by atoms with Gasteiger partial charge in [0, 0.05) is 10.8 Å². The van der Waals surface area contributed by atoms with Crippen molar-refractivity contribution >= 4 is 24.0 Å². The zero-order valence-electron chi connectivity index (χ0n) is 16.4. The van der Waals surface area contributed by atoms with Crippen molar-refractivity contribution in [3.63, 3.8) is 0 Å². The molecule has 152 valence electrons. The predicted molar refractivity (Wildman–Crippen MR) is 116 cm³/mol. The van der Waals surface area contributed by atoms with E-state index in [1.54, 1.807) is 0 Å². The average molecular weight is 401 g/mol. The van der Waals surface area contributed by atoms with Crippen LogP contribution in [0.15, 0.2) is 77.9 Å². The molecule has 4 atom stereocenters. The van der Waals surface area contributed by atoms with Crippen LogP contribution in [0.2, 0.25) is 0 Å². The molecule has 0 aliphatic heterocycles. The summed E-state index contributed by atoms with van der Waals surface area (Å²) in [5.41, 5.74) is 10.4. The Morgan fingerprint density at radius 3 is 1.77 bits per heavy atom. The lowest BCUT2D eigenvalue weighted by Crippen LogP contribution is -1.97. The van der Waals surface area contributed by atoms with Crippen molar-refractivity contribution in [2.75, 3.05) is 0 Å². The molecule has 2 fully saturated rings. The third kappa shape index (κ3) is 6.47. The molecule has 2 aromatic carbocycles. The van der Waals surface area contributed by atoms with E-state index in [0.29, 0.717) is 0 Å². The molecule has 4 unspecified atom stereocenters. The molecule has 2 aliphatic carbocycles. The summed E-state index contributed by atoms with van der Waals surface area (Å²) in [5.74, 6) is -0.783. The molecule has 30 heavy (non-hydrogen) atoms. The Morgan fingerprint density at radius 1 is 0.867 bits per heavy atom. The molecule has 2 aliphatic rings. The van der Waals surface area contributed by atoms with Crippen LogP contribution in [-0.4, -0.2) is 17.0 Å². The summed E-state index contributed by atoms with van der Waals surface area (Å²) in [6.07, 6.45) is 9.57. The second-order valence-electron chi connectivity index (χ2n) is 7.42. The lowest BCUT2D eigenvalue weighted by Gasteiger charge is -1.91. The Bertz CT molecular complexity index is 979. The molecule has 6 nitrogen and oxygen atoms in total. The highest BCUT2D eigenvalue weighted by molar-refractivity contribution is 5.83. The second kappa shape index (κ2) is 10.2. The van der Waals surface area contributed by atoms with Gasteiger partial charge >= 0.3 is 5.97 Å². The van der Waals surface area contributed by atoms with Crippen LogP contribution in [0.4, 0.5) is 0 Å². The number of allylic oxidation sites excluding steroid dienone is 2. The van der Waals surface area contributed by atoms with Gasteiger partial charge in [0.05, 0.1) is 5.92 Å². The first-order chi connectivity index (χ1) is 14.6. The fraction of sp³-hybridized carbons (Fsp3) is 0.250. The van der Waals surface area contributed by atoms with E-state index in [9.17, 15) is 9.59 Å². The Balaban J connectivity index is 0.000000172. The molecule has 0 saturated heterocycles. The normalized spacial score (nSPS) is 23.9. The van der Waals surface area contributed by atoms with E-state index in [1.807, 2.05) is 85.0 Å². The number of carbonyl (C=O) groups excluding carboxylic acids is 1. The van der Waals surface area contributed by atoms with Gasteiger partial charge in [0.15, 0.2) is 0 Å². The zero-order chi connectivity index (χ0) is 21.3. The van der Waals surface area contributed by atoms with Gasteiger partial charge in [0.1, 0.15) is 0 Å². The molecule has 2 aromatic rings. The van der Waals surface area contributed by atoms with Gasteiger partial charge in [-0.1, -0.05) is 85.0 Å². The van der Waals surface area contributed by atoms with Crippen molar-refractivity contribution in [1.29, 1.82) is 0 Å². The van der Waals surface area contributed by atoms with E-state index in [0.717, 1.165) is 24.0 Å². The number of carboxylic acids is 1. The second-order valence-corrected chi connectivity index (χ2v) is 7.42. The Kier molecular flexibility index (Phi) is 7.19. The standard InChI is InChI=1S/C12H11N3O.C12H12O2/c13-15-14-12(16)11-8-10(11)7-6-9-4-2-1-3-5-9;13-12(14)11-8-10(11)7-6-9-4-2-1-3-5-9/h1-7,10-11H,8H2;1-7,10-11H,8H2,(H,13,14)/b2*7-6+. The Hall–Kier alpha value is -3.63. The summed E-state index contributed by atoms with van der Waals surface area (Å²) in [5, 5.41) is 11.8. The van der Waals surface area contributed by atoms with Crippen molar-refractivity contribution in [2.45, 2.75) is 12.8 Å². The van der Waals surface area contributed by atoms with E-state index in [2.05, 4.69) is 10.0 Å². The summed E-state index contributed by atoms with van der Waals surface area (Å²) in [4.78, 5) is 24.2. The minimum absolute atomic E-state index is 0.101. The highest BCUT2D eigenvalue weighted by Crippen LogP contribution is 2.41. The SMILES string of the molecule is O=C(O)C1CC1/C=C/c1ccccc1.[N-]=[N+]=NC(=O)C1CC1/C=C/c1ccccc1. The largest absolute Gasteiger partial charge is 0.481 e. The zero-order valence-corrected chi connectivity index (χ0v) is 16.4. The minimum atomic E-state index is -0.673. The molecule has 2 saturated carbocycles. The molecular weight excluding hydrogens is 378 g/mol. The van der Waals surface area contributed by atoms with E-state index in [-0.39, 0.29) is 29.6 Å². The smallest absolute Gasteiger partial charge is 0.307 e. The number of rotatable bonds is 6. The topological polar surface area (TPSA) is 103 Å². The van der Waals surface area contributed by atoms with Gasteiger partial charge in [0.25, 0.3) is 0 Å². The number of hydrogen-bond acceptors (Lipinski definition) is 2. The van der Waals surface area contributed by atoms with E-state index in [4.69, 9.17) is 10.6 Å². The van der Waals surface area contributed by atoms with Gasteiger partial charge in [-0.25, -0.2) is 0 Å². The van der Waals surface area contributed by atoms with Crippen LogP contribution in [0.1, 0.15) is 24.0 Å². The average Bonchev–Trinajstić information content (AvgIpc) is 3.68. The highest BCUT2D eigenvalue weighted by Gasteiger charge is 2.41. The summed E-state index contributed by atoms with van der Waals surface area (Å²) in [6, 6.07) is 19.8. The van der Waals surface area contributed by atoms with Crippen LogP contribution in [0, 0.1) is 23.7 Å². The van der Waals surface area contributed by atoms with Crippen molar-refractivity contribution in [2.24, 2.45) is 28.8 Å². The third-order valence-corrected chi connectivity index (χ3v) is 5.13. The third-order valence-electron chi connectivity index (χ3n) is 5.13. The fourth-order valence-electron chi connectivity index (χ4n) is 3.14. The van der Waals surface area contributed by atoms with Crippen LogP contribution in [0.25, 0.3) is 22.6 Å². The molecular formula is C24H23N3O3. The Labute approximate surface area is 175 Å². The number of aliphatic carboxylic acids is 1. The summed E-state index contributed by atoms with van der Waals surface area (Å²) >= 11 is 0. The van der Waals surface area contributed by atoms with Crippen molar-refractivity contribution in [3.05, 3.63) is 94.4 Å². The minimum Gasteiger partial charge on any atom is -0.481 e. The molecule has 0 bridgehead atoms. The van der Waals surface area contributed by atoms with Crippen LogP contribution >= 0.6 is 0 Å². The predicted octanol–water partition coefficient (Wildman–Crippen LogP) is 5.59. The highest BCUT2D eigenvalue weighted by atomic mass is 16.4. The summed E-state index contributed by atoms with van der Waals surface area (Å²) in [6.45, 7) is 0. The fourth-order valence-corrected chi connectivity index (χ4v) is 3.14. The maximum atomic E-state index is 11.2. The van der Waals surface area contributed by atoms with Crippen LogP contribution in [0.3, 0.4) is 0 Å². The first-order valence-electron chi connectivity index (χ1n) is 9.86. The number of azide groups is 1. The van der Waals surface area contributed by atoms with Crippen LogP contribution in [-0.2, 0) is 9.59 Å².